The number of carbonyl (C=O) groups is 1. The second kappa shape index (κ2) is 7.02. The molecular formula is C18H17F3N6O. The SMILES string of the molecule is O=C(Nc1nc2ccccn2n1)NC1CCN(c2ccccc2C(F)(F)F)C1. The molecule has 3 heterocycles. The quantitative estimate of drug-likeness (QED) is 0.721. The number of nitrogens with one attached hydrogen (secondary N) is 2. The van der Waals surface area contributed by atoms with E-state index in [1.807, 2.05) is 0 Å². The molecule has 28 heavy (non-hydrogen) atoms. The first-order valence-electron chi connectivity index (χ1n) is 8.70. The maximum Gasteiger partial charge on any atom is 0.418 e. The number of pyridine rings is 1. The first-order chi connectivity index (χ1) is 13.4. The highest BCUT2D eigenvalue weighted by atomic mass is 19.4. The van der Waals surface area contributed by atoms with Crippen molar-refractivity contribution in [2.24, 2.45) is 0 Å². The van der Waals surface area contributed by atoms with Gasteiger partial charge in [0.25, 0.3) is 5.95 Å². The lowest BCUT2D eigenvalue weighted by Gasteiger charge is -2.23. The third-order valence-electron chi connectivity index (χ3n) is 4.54. The third-order valence-corrected chi connectivity index (χ3v) is 4.54. The fourth-order valence-corrected chi connectivity index (χ4v) is 3.29. The largest absolute Gasteiger partial charge is 0.418 e. The second-order valence-electron chi connectivity index (χ2n) is 6.48. The maximum atomic E-state index is 13.2. The van der Waals surface area contributed by atoms with Crippen molar-refractivity contribution in [1.29, 1.82) is 0 Å². The number of rotatable bonds is 3. The van der Waals surface area contributed by atoms with E-state index >= 15 is 0 Å². The van der Waals surface area contributed by atoms with Crippen molar-refractivity contribution in [3.63, 3.8) is 0 Å². The first kappa shape index (κ1) is 18.1. The zero-order valence-corrected chi connectivity index (χ0v) is 14.6. The number of anilines is 2. The fourth-order valence-electron chi connectivity index (χ4n) is 3.29. The lowest BCUT2D eigenvalue weighted by molar-refractivity contribution is -0.137. The van der Waals surface area contributed by atoms with E-state index in [0.717, 1.165) is 6.07 Å². The van der Waals surface area contributed by atoms with Gasteiger partial charge in [0.05, 0.1) is 5.56 Å². The average Bonchev–Trinajstić information content (AvgIpc) is 3.27. The van der Waals surface area contributed by atoms with Gasteiger partial charge in [-0.3, -0.25) is 5.32 Å². The van der Waals surface area contributed by atoms with E-state index in [0.29, 0.717) is 25.2 Å². The third kappa shape index (κ3) is 3.71. The number of halogens is 3. The van der Waals surface area contributed by atoms with Crippen LogP contribution in [0.25, 0.3) is 5.65 Å². The van der Waals surface area contributed by atoms with Crippen LogP contribution in [0.3, 0.4) is 0 Å². The van der Waals surface area contributed by atoms with E-state index in [-0.39, 0.29) is 17.7 Å². The number of benzene rings is 1. The Morgan fingerprint density at radius 3 is 2.71 bits per heavy atom. The highest BCUT2D eigenvalue weighted by Crippen LogP contribution is 2.37. The molecule has 0 bridgehead atoms. The molecule has 3 aromatic rings. The molecule has 146 valence electrons. The van der Waals surface area contributed by atoms with Crippen molar-refractivity contribution in [3.05, 3.63) is 54.2 Å². The number of alkyl halides is 3. The van der Waals surface area contributed by atoms with Gasteiger partial charge in [-0.05, 0) is 30.7 Å². The molecule has 2 N–H and O–H groups in total. The van der Waals surface area contributed by atoms with Gasteiger partial charge in [0, 0.05) is 31.0 Å². The summed E-state index contributed by atoms with van der Waals surface area (Å²) in [4.78, 5) is 18.0. The molecule has 0 aliphatic carbocycles. The zero-order chi connectivity index (χ0) is 19.7. The minimum absolute atomic E-state index is 0.127. The number of amides is 2. The Morgan fingerprint density at radius 1 is 1.14 bits per heavy atom. The average molecular weight is 390 g/mol. The van der Waals surface area contributed by atoms with Crippen LogP contribution in [0.15, 0.2) is 48.7 Å². The number of aromatic nitrogens is 3. The summed E-state index contributed by atoms with van der Waals surface area (Å²) in [6.07, 6.45) is -2.18. The Kier molecular flexibility index (Phi) is 4.54. The topological polar surface area (TPSA) is 74.6 Å². The Labute approximate surface area is 158 Å². The molecule has 0 radical (unpaired) electrons. The van der Waals surface area contributed by atoms with E-state index in [4.69, 9.17) is 0 Å². The van der Waals surface area contributed by atoms with Crippen LogP contribution in [0.5, 0.6) is 0 Å². The van der Waals surface area contributed by atoms with E-state index in [1.165, 1.54) is 16.6 Å². The molecule has 4 rings (SSSR count). The van der Waals surface area contributed by atoms with Crippen LogP contribution in [-0.2, 0) is 6.18 Å². The van der Waals surface area contributed by atoms with Crippen molar-refractivity contribution in [2.45, 2.75) is 18.6 Å². The van der Waals surface area contributed by atoms with Crippen molar-refractivity contribution >= 4 is 23.3 Å². The predicted octanol–water partition coefficient (Wildman–Crippen LogP) is 3.15. The van der Waals surface area contributed by atoms with Gasteiger partial charge in [-0.15, -0.1) is 5.10 Å². The zero-order valence-electron chi connectivity index (χ0n) is 14.6. The van der Waals surface area contributed by atoms with Crippen LogP contribution in [0.4, 0.5) is 29.6 Å². The molecule has 10 heteroatoms. The van der Waals surface area contributed by atoms with Crippen molar-refractivity contribution in [2.75, 3.05) is 23.3 Å². The summed E-state index contributed by atoms with van der Waals surface area (Å²) in [5, 5.41) is 9.45. The van der Waals surface area contributed by atoms with Crippen molar-refractivity contribution in [1.82, 2.24) is 19.9 Å². The predicted molar refractivity (Wildman–Crippen MR) is 97.2 cm³/mol. The Balaban J connectivity index is 1.39. The van der Waals surface area contributed by atoms with Crippen LogP contribution < -0.4 is 15.5 Å². The first-order valence-corrected chi connectivity index (χ1v) is 8.70. The molecule has 0 saturated carbocycles. The molecule has 1 atom stereocenters. The van der Waals surface area contributed by atoms with E-state index in [9.17, 15) is 18.0 Å². The summed E-state index contributed by atoms with van der Waals surface area (Å²) in [6, 6.07) is 10.0. The molecule has 1 saturated heterocycles. The van der Waals surface area contributed by atoms with Crippen LogP contribution in [0.2, 0.25) is 0 Å². The monoisotopic (exact) mass is 390 g/mol. The summed E-state index contributed by atoms with van der Waals surface area (Å²) in [6.45, 7) is 0.712. The smallest absolute Gasteiger partial charge is 0.369 e. The molecule has 2 amide bonds. The van der Waals surface area contributed by atoms with Gasteiger partial charge in [0.2, 0.25) is 0 Å². The number of hydrogen-bond acceptors (Lipinski definition) is 4. The summed E-state index contributed by atoms with van der Waals surface area (Å²) < 4.78 is 41.2. The van der Waals surface area contributed by atoms with Gasteiger partial charge in [-0.1, -0.05) is 18.2 Å². The van der Waals surface area contributed by atoms with Gasteiger partial charge in [0.15, 0.2) is 5.65 Å². The molecular weight excluding hydrogens is 373 g/mol. The van der Waals surface area contributed by atoms with Gasteiger partial charge in [0.1, 0.15) is 0 Å². The number of carbonyl (C=O) groups excluding carboxylic acids is 1. The molecule has 7 nitrogen and oxygen atoms in total. The minimum atomic E-state index is -4.42. The number of fused-ring (bicyclic) bond motifs is 1. The van der Waals surface area contributed by atoms with Crippen LogP contribution >= 0.6 is 0 Å². The molecule has 0 spiro atoms. The number of para-hydroxylation sites is 1. The minimum Gasteiger partial charge on any atom is -0.369 e. The van der Waals surface area contributed by atoms with Gasteiger partial charge in [-0.25, -0.2) is 9.31 Å². The Hall–Kier alpha value is -3.30. The molecule has 1 aliphatic heterocycles. The summed E-state index contributed by atoms with van der Waals surface area (Å²) >= 11 is 0. The summed E-state index contributed by atoms with van der Waals surface area (Å²) in [7, 11) is 0. The van der Waals surface area contributed by atoms with E-state index < -0.39 is 17.8 Å². The van der Waals surface area contributed by atoms with Gasteiger partial charge < -0.3 is 10.2 Å². The maximum absolute atomic E-state index is 13.2. The molecule has 1 aliphatic rings. The molecule has 1 aromatic carbocycles. The highest BCUT2D eigenvalue weighted by molar-refractivity contribution is 5.87. The lowest BCUT2D eigenvalue weighted by atomic mass is 10.1. The Morgan fingerprint density at radius 2 is 1.93 bits per heavy atom. The highest BCUT2D eigenvalue weighted by Gasteiger charge is 2.36. The van der Waals surface area contributed by atoms with Gasteiger partial charge >= 0.3 is 12.2 Å². The van der Waals surface area contributed by atoms with Crippen LogP contribution in [0, 0.1) is 0 Å². The molecule has 1 fully saturated rings. The van der Waals surface area contributed by atoms with Crippen LogP contribution in [0.1, 0.15) is 12.0 Å². The van der Waals surface area contributed by atoms with Crippen LogP contribution in [-0.4, -0.2) is 39.8 Å². The number of nitrogens with zero attached hydrogens (tertiary/aromatic N) is 4. The Bertz CT molecular complexity index is 969. The fraction of sp³-hybridized carbons (Fsp3) is 0.278. The van der Waals surface area contributed by atoms with Gasteiger partial charge in [-0.2, -0.15) is 18.2 Å². The van der Waals surface area contributed by atoms with E-state index in [2.05, 4.69) is 20.7 Å². The van der Waals surface area contributed by atoms with E-state index in [1.54, 1.807) is 35.4 Å². The summed E-state index contributed by atoms with van der Waals surface area (Å²) in [5.74, 6) is 0.154. The van der Waals surface area contributed by atoms with Crippen molar-refractivity contribution in [3.8, 4) is 0 Å². The number of hydrogen-bond donors (Lipinski definition) is 2. The lowest BCUT2D eigenvalue weighted by Crippen LogP contribution is -2.40. The second-order valence-corrected chi connectivity index (χ2v) is 6.48. The summed E-state index contributed by atoms with van der Waals surface area (Å²) in [5.41, 5.74) is 0.0457. The normalized spacial score (nSPS) is 17.1. The standard InChI is InChI=1S/C18H17F3N6O/c19-18(20,21)13-5-1-2-6-14(13)26-10-8-12(11-26)22-17(28)24-16-23-15-7-3-4-9-27(15)25-16/h1-7,9,12H,8,10-11H2,(H2,22,24,25,28). The molecule has 2 aromatic heterocycles. The molecule has 1 unspecified atom stereocenters. The number of urea groups is 1. The van der Waals surface area contributed by atoms with Crippen molar-refractivity contribution < 1.29 is 18.0 Å².